The standard InChI is InChI=1S/C15H24O3/c1-9-5-6-14-11(2,3)10-7-13(9,14)8-15(17,18-14)12(10,4)16/h9-10,16-17H,5-8H2,1-4H3/t9-,10?,12?,13-,14-,15?/m1/s1. The molecule has 3 unspecified atom stereocenters. The predicted molar refractivity (Wildman–Crippen MR) is 66.7 cm³/mol. The molecule has 6 atom stereocenters. The molecule has 2 heterocycles. The van der Waals surface area contributed by atoms with Crippen molar-refractivity contribution in [3.63, 3.8) is 0 Å². The fourth-order valence-electron chi connectivity index (χ4n) is 6.45. The molecule has 0 radical (unpaired) electrons. The predicted octanol–water partition coefficient (Wildman–Crippen LogP) is 2.06. The fourth-order valence-corrected chi connectivity index (χ4v) is 6.45. The summed E-state index contributed by atoms with van der Waals surface area (Å²) in [7, 11) is 0. The molecule has 5 aliphatic rings. The molecule has 0 aromatic carbocycles. The monoisotopic (exact) mass is 252 g/mol. The van der Waals surface area contributed by atoms with E-state index in [0.29, 0.717) is 12.3 Å². The van der Waals surface area contributed by atoms with E-state index in [1.807, 2.05) is 0 Å². The lowest BCUT2D eigenvalue weighted by Crippen LogP contribution is -2.67. The van der Waals surface area contributed by atoms with Gasteiger partial charge in [0, 0.05) is 23.2 Å². The lowest BCUT2D eigenvalue weighted by molar-refractivity contribution is -0.371. The summed E-state index contributed by atoms with van der Waals surface area (Å²) in [6, 6.07) is 0. The minimum atomic E-state index is -1.32. The van der Waals surface area contributed by atoms with E-state index in [-0.39, 0.29) is 22.3 Å². The molecular formula is C15H24O3. The second-order valence-corrected chi connectivity index (χ2v) is 8.11. The van der Waals surface area contributed by atoms with Gasteiger partial charge in [-0.25, -0.2) is 0 Å². The normalized spacial score (nSPS) is 67.7. The Morgan fingerprint density at radius 2 is 1.83 bits per heavy atom. The zero-order valence-electron chi connectivity index (χ0n) is 11.8. The van der Waals surface area contributed by atoms with E-state index < -0.39 is 11.4 Å². The number of aliphatic hydroxyl groups is 2. The Morgan fingerprint density at radius 1 is 1.17 bits per heavy atom. The first-order chi connectivity index (χ1) is 8.13. The van der Waals surface area contributed by atoms with Crippen LogP contribution >= 0.6 is 0 Å². The summed E-state index contributed by atoms with van der Waals surface area (Å²) < 4.78 is 6.25. The summed E-state index contributed by atoms with van der Waals surface area (Å²) in [6.45, 7) is 8.54. The molecular weight excluding hydrogens is 228 g/mol. The van der Waals surface area contributed by atoms with Gasteiger partial charge in [-0.2, -0.15) is 0 Å². The van der Waals surface area contributed by atoms with Crippen molar-refractivity contribution in [2.75, 3.05) is 0 Å². The van der Waals surface area contributed by atoms with Gasteiger partial charge < -0.3 is 14.9 Å². The molecule has 0 aromatic rings. The third-order valence-electron chi connectivity index (χ3n) is 7.52. The van der Waals surface area contributed by atoms with Crippen molar-refractivity contribution in [3.8, 4) is 0 Å². The van der Waals surface area contributed by atoms with Gasteiger partial charge in [0.05, 0.1) is 5.60 Å². The van der Waals surface area contributed by atoms with Crippen molar-refractivity contribution in [1.29, 1.82) is 0 Å². The summed E-state index contributed by atoms with van der Waals surface area (Å²) in [6.07, 6.45) is 3.86. The molecule has 2 N–H and O–H groups in total. The van der Waals surface area contributed by atoms with E-state index >= 15 is 0 Å². The summed E-state index contributed by atoms with van der Waals surface area (Å²) in [5.41, 5.74) is -1.28. The van der Waals surface area contributed by atoms with Crippen LogP contribution in [-0.4, -0.2) is 27.2 Å². The maximum absolute atomic E-state index is 10.8. The summed E-state index contributed by atoms with van der Waals surface area (Å²) in [4.78, 5) is 0. The lowest BCUT2D eigenvalue weighted by atomic mass is 9.61. The van der Waals surface area contributed by atoms with Crippen LogP contribution in [0, 0.1) is 22.7 Å². The molecule has 3 nitrogen and oxygen atoms in total. The number of hydrogen-bond donors (Lipinski definition) is 2. The molecule has 3 aliphatic carbocycles. The molecule has 3 heteroatoms. The molecule has 18 heavy (non-hydrogen) atoms. The van der Waals surface area contributed by atoms with E-state index in [1.54, 1.807) is 6.92 Å². The first-order valence-electron chi connectivity index (χ1n) is 7.28. The van der Waals surface area contributed by atoms with Crippen molar-refractivity contribution in [2.45, 2.75) is 70.4 Å². The van der Waals surface area contributed by atoms with Crippen LogP contribution in [0.3, 0.4) is 0 Å². The summed E-state index contributed by atoms with van der Waals surface area (Å²) >= 11 is 0. The summed E-state index contributed by atoms with van der Waals surface area (Å²) in [5.74, 6) is -0.590. The molecule has 102 valence electrons. The van der Waals surface area contributed by atoms with E-state index in [4.69, 9.17) is 4.74 Å². The van der Waals surface area contributed by atoms with Crippen molar-refractivity contribution in [1.82, 2.24) is 0 Å². The van der Waals surface area contributed by atoms with E-state index in [9.17, 15) is 10.2 Å². The van der Waals surface area contributed by atoms with Gasteiger partial charge in [-0.3, -0.25) is 0 Å². The molecule has 5 fully saturated rings. The molecule has 3 saturated carbocycles. The van der Waals surface area contributed by atoms with Crippen molar-refractivity contribution in [3.05, 3.63) is 0 Å². The van der Waals surface area contributed by atoms with Gasteiger partial charge in [0.15, 0.2) is 5.79 Å². The first kappa shape index (κ1) is 11.7. The average molecular weight is 252 g/mol. The van der Waals surface area contributed by atoms with Crippen LogP contribution < -0.4 is 0 Å². The fraction of sp³-hybridized carbons (Fsp3) is 1.00. The Balaban J connectivity index is 1.99. The maximum Gasteiger partial charge on any atom is 0.196 e. The van der Waals surface area contributed by atoms with E-state index in [2.05, 4.69) is 20.8 Å². The minimum absolute atomic E-state index is 0.0516. The van der Waals surface area contributed by atoms with Gasteiger partial charge in [-0.05, 0) is 32.1 Å². The Morgan fingerprint density at radius 3 is 2.44 bits per heavy atom. The van der Waals surface area contributed by atoms with Crippen LogP contribution in [0.15, 0.2) is 0 Å². The Hall–Kier alpha value is -0.120. The zero-order chi connectivity index (χ0) is 13.2. The number of hydrogen-bond acceptors (Lipinski definition) is 3. The van der Waals surface area contributed by atoms with Crippen LogP contribution in [0.4, 0.5) is 0 Å². The number of rotatable bonds is 0. The highest BCUT2D eigenvalue weighted by Crippen LogP contribution is 2.82. The van der Waals surface area contributed by atoms with Gasteiger partial charge in [0.1, 0.15) is 5.60 Å². The SMILES string of the molecule is C[C@@H]1CC[C@]23OC4(O)C[C@]12CC(C4(C)O)C3(C)C. The second-order valence-electron chi connectivity index (χ2n) is 8.11. The van der Waals surface area contributed by atoms with Gasteiger partial charge in [0.25, 0.3) is 0 Å². The van der Waals surface area contributed by atoms with Crippen LogP contribution in [-0.2, 0) is 4.74 Å². The molecule has 0 aromatic heterocycles. The third kappa shape index (κ3) is 0.763. The van der Waals surface area contributed by atoms with Crippen LogP contribution in [0.2, 0.25) is 0 Å². The molecule has 2 aliphatic heterocycles. The first-order valence-corrected chi connectivity index (χ1v) is 7.28. The molecule has 5 rings (SSSR count). The third-order valence-corrected chi connectivity index (χ3v) is 7.52. The van der Waals surface area contributed by atoms with Crippen molar-refractivity contribution in [2.24, 2.45) is 22.7 Å². The molecule has 2 saturated heterocycles. The van der Waals surface area contributed by atoms with Crippen LogP contribution in [0.1, 0.15) is 53.4 Å². The van der Waals surface area contributed by atoms with Crippen molar-refractivity contribution >= 4 is 0 Å². The Bertz CT molecular complexity index is 443. The van der Waals surface area contributed by atoms with Crippen molar-refractivity contribution < 1.29 is 14.9 Å². The minimum Gasteiger partial charge on any atom is -0.384 e. The highest BCUT2D eigenvalue weighted by Gasteiger charge is 2.87. The second kappa shape index (κ2) is 2.55. The Labute approximate surface area is 109 Å². The highest BCUT2D eigenvalue weighted by molar-refractivity contribution is 5.33. The quantitative estimate of drug-likeness (QED) is 0.694. The average Bonchev–Trinajstić information content (AvgIpc) is 2.70. The zero-order valence-corrected chi connectivity index (χ0v) is 11.8. The summed E-state index contributed by atoms with van der Waals surface area (Å²) in [5, 5.41) is 21.6. The van der Waals surface area contributed by atoms with Gasteiger partial charge in [-0.15, -0.1) is 0 Å². The molecule has 2 spiro atoms. The molecule has 0 amide bonds. The topological polar surface area (TPSA) is 49.7 Å². The van der Waals surface area contributed by atoms with E-state index in [1.165, 1.54) is 6.42 Å². The maximum atomic E-state index is 10.8. The van der Waals surface area contributed by atoms with Crippen LogP contribution in [0.5, 0.6) is 0 Å². The Kier molecular flexibility index (Phi) is 1.65. The number of ether oxygens (including phenoxy) is 1. The van der Waals surface area contributed by atoms with Gasteiger partial charge in [-0.1, -0.05) is 20.8 Å². The smallest absolute Gasteiger partial charge is 0.196 e. The largest absolute Gasteiger partial charge is 0.384 e. The van der Waals surface area contributed by atoms with E-state index in [0.717, 1.165) is 12.8 Å². The lowest BCUT2D eigenvalue weighted by Gasteiger charge is -2.56. The highest BCUT2D eigenvalue weighted by atomic mass is 16.7. The molecule has 4 bridgehead atoms. The van der Waals surface area contributed by atoms with Gasteiger partial charge in [0.2, 0.25) is 0 Å². The van der Waals surface area contributed by atoms with Gasteiger partial charge >= 0.3 is 0 Å². The van der Waals surface area contributed by atoms with Crippen LogP contribution in [0.25, 0.3) is 0 Å².